The van der Waals surface area contributed by atoms with Crippen molar-refractivity contribution in [1.29, 1.82) is 0 Å². The number of thiophene rings is 1. The molecule has 37 heavy (non-hydrogen) atoms. The van der Waals surface area contributed by atoms with Gasteiger partial charge in [0.15, 0.2) is 11.6 Å². The molecule has 1 amide bonds. The first-order valence-electron chi connectivity index (χ1n) is 11.7. The second kappa shape index (κ2) is 10.3. The minimum atomic E-state index is -3.00. The van der Waals surface area contributed by atoms with Gasteiger partial charge in [0, 0.05) is 43.0 Å². The van der Waals surface area contributed by atoms with Crippen LogP contribution in [0.3, 0.4) is 0 Å². The van der Waals surface area contributed by atoms with E-state index in [1.54, 1.807) is 23.6 Å². The van der Waals surface area contributed by atoms with Crippen LogP contribution in [0.1, 0.15) is 30.6 Å². The van der Waals surface area contributed by atoms with Crippen LogP contribution in [0.2, 0.25) is 5.02 Å². The van der Waals surface area contributed by atoms with Crippen LogP contribution >= 0.6 is 22.9 Å². The van der Waals surface area contributed by atoms with Crippen LogP contribution < -0.4 is 26.0 Å². The Kier molecular flexibility index (Phi) is 7.06. The van der Waals surface area contributed by atoms with Crippen molar-refractivity contribution in [3.63, 3.8) is 0 Å². The van der Waals surface area contributed by atoms with Crippen LogP contribution in [-0.2, 0) is 0 Å². The van der Waals surface area contributed by atoms with E-state index < -0.39 is 12.5 Å². The Morgan fingerprint density at radius 1 is 1.24 bits per heavy atom. The number of nitrogens with one attached hydrogen (secondary N) is 2. The fraction of sp³-hybridized carbons (Fsp3) is 0.375. The number of hydrogen-bond donors (Lipinski definition) is 3. The topological polar surface area (TPSA) is 109 Å². The van der Waals surface area contributed by atoms with Crippen LogP contribution in [0.15, 0.2) is 35.8 Å². The molecule has 2 atom stereocenters. The number of piperazine rings is 1. The van der Waals surface area contributed by atoms with Gasteiger partial charge >= 0.3 is 6.61 Å². The Morgan fingerprint density at radius 3 is 2.73 bits per heavy atom. The third-order valence-electron chi connectivity index (χ3n) is 6.61. The lowest BCUT2D eigenvalue weighted by Crippen LogP contribution is -2.48. The number of anilines is 5. The molecule has 2 saturated heterocycles. The Morgan fingerprint density at radius 2 is 2.05 bits per heavy atom. The smallest absolute Gasteiger partial charge is 0.387 e. The van der Waals surface area contributed by atoms with E-state index in [-0.39, 0.29) is 28.2 Å². The van der Waals surface area contributed by atoms with Gasteiger partial charge < -0.3 is 26.0 Å². The largest absolute Gasteiger partial charge is 0.433 e. The number of carbonyl (C=O) groups excluding carboxylic acids is 1. The van der Waals surface area contributed by atoms with Gasteiger partial charge in [0.1, 0.15) is 10.0 Å². The molecule has 5 rings (SSSR count). The molecule has 2 fully saturated rings. The number of halogens is 3. The molecule has 3 aromatic rings. The fourth-order valence-corrected chi connectivity index (χ4v) is 5.91. The van der Waals surface area contributed by atoms with Crippen molar-refractivity contribution in [2.45, 2.75) is 45.0 Å². The summed E-state index contributed by atoms with van der Waals surface area (Å²) in [6, 6.07) is 8.02. The van der Waals surface area contributed by atoms with Gasteiger partial charge in [-0.25, -0.2) is 4.98 Å². The second-order valence-corrected chi connectivity index (χ2v) is 10.5. The van der Waals surface area contributed by atoms with Crippen LogP contribution in [0, 0.1) is 0 Å². The van der Waals surface area contributed by atoms with E-state index in [4.69, 9.17) is 22.1 Å². The molecule has 2 aliphatic heterocycles. The molecule has 0 unspecified atom stereocenters. The Bertz CT molecular complexity index is 1310. The average Bonchev–Trinajstić information content (AvgIpc) is 3.58. The summed E-state index contributed by atoms with van der Waals surface area (Å²) in [6.45, 7) is 3.17. The first-order chi connectivity index (χ1) is 17.7. The standard InChI is InChI=1S/C24H26ClF2N7O2S/c1-12(2)33-10-15-7-14(33)11-34(15)13-3-4-18(19(8-13)36-23(26)27)30-24-29-9-17(25)21(32-24)31-22-16(20(28)35)5-6-37-22/h3-6,8-9,12,14-15,23H,7,10-11H2,1-2H3,(H2,28,35)(H2,29,30,31,32)/t14-,15-/m1/s1. The summed E-state index contributed by atoms with van der Waals surface area (Å²) in [4.78, 5) is 24.9. The molecule has 4 heterocycles. The van der Waals surface area contributed by atoms with E-state index in [2.05, 4.69) is 44.2 Å². The normalized spacial score (nSPS) is 19.2. The molecular weight excluding hydrogens is 524 g/mol. The van der Waals surface area contributed by atoms with Gasteiger partial charge in [0.2, 0.25) is 5.95 Å². The highest BCUT2D eigenvalue weighted by molar-refractivity contribution is 7.14. The van der Waals surface area contributed by atoms with E-state index >= 15 is 0 Å². The minimum absolute atomic E-state index is 0.0154. The highest BCUT2D eigenvalue weighted by Gasteiger charge is 2.44. The molecular formula is C24H26ClF2N7O2S. The number of alkyl halides is 2. The number of hydrogen-bond acceptors (Lipinski definition) is 9. The monoisotopic (exact) mass is 549 g/mol. The van der Waals surface area contributed by atoms with E-state index in [0.29, 0.717) is 28.7 Å². The van der Waals surface area contributed by atoms with E-state index in [1.807, 2.05) is 6.07 Å². The fourth-order valence-electron chi connectivity index (χ4n) is 4.98. The zero-order valence-corrected chi connectivity index (χ0v) is 21.7. The average molecular weight is 550 g/mol. The number of benzene rings is 1. The lowest BCUT2D eigenvalue weighted by atomic mass is 10.2. The summed E-state index contributed by atoms with van der Waals surface area (Å²) in [7, 11) is 0. The number of nitrogens with zero attached hydrogens (tertiary/aromatic N) is 4. The number of nitrogens with two attached hydrogens (primary N) is 1. The predicted molar refractivity (Wildman–Crippen MR) is 141 cm³/mol. The van der Waals surface area contributed by atoms with Crippen molar-refractivity contribution < 1.29 is 18.3 Å². The maximum Gasteiger partial charge on any atom is 0.387 e. The van der Waals surface area contributed by atoms with Crippen LogP contribution in [-0.4, -0.2) is 58.6 Å². The van der Waals surface area contributed by atoms with Crippen molar-refractivity contribution in [2.24, 2.45) is 5.73 Å². The molecule has 0 radical (unpaired) electrons. The summed E-state index contributed by atoms with van der Waals surface area (Å²) in [5.74, 6) is -0.286. The predicted octanol–water partition coefficient (Wildman–Crippen LogP) is 5.05. The second-order valence-electron chi connectivity index (χ2n) is 9.21. The SMILES string of the molecule is CC(C)N1C[C@H]2C[C@@H]1CN2c1ccc(Nc2ncc(Cl)c(Nc3sccc3C(N)=O)n2)c(OC(F)F)c1. The Labute approximate surface area is 221 Å². The van der Waals surface area contributed by atoms with E-state index in [1.165, 1.54) is 17.5 Å². The molecule has 9 nitrogen and oxygen atoms in total. The van der Waals surface area contributed by atoms with E-state index in [0.717, 1.165) is 25.2 Å². The first-order valence-corrected chi connectivity index (χ1v) is 13.0. The molecule has 196 valence electrons. The molecule has 0 spiro atoms. The van der Waals surface area contributed by atoms with Gasteiger partial charge in [-0.1, -0.05) is 11.6 Å². The van der Waals surface area contributed by atoms with Crippen molar-refractivity contribution >= 4 is 57.0 Å². The maximum absolute atomic E-state index is 13.3. The van der Waals surface area contributed by atoms with Crippen LogP contribution in [0.5, 0.6) is 5.75 Å². The number of fused-ring (bicyclic) bond motifs is 2. The van der Waals surface area contributed by atoms with Crippen LogP contribution in [0.25, 0.3) is 0 Å². The zero-order valence-electron chi connectivity index (χ0n) is 20.1. The highest BCUT2D eigenvalue weighted by Crippen LogP contribution is 2.40. The van der Waals surface area contributed by atoms with Gasteiger partial charge in [-0.15, -0.1) is 11.3 Å². The summed E-state index contributed by atoms with van der Waals surface area (Å²) >= 11 is 7.50. The number of primary amides is 1. The molecule has 0 aliphatic carbocycles. The summed E-state index contributed by atoms with van der Waals surface area (Å²) in [5.41, 5.74) is 6.81. The van der Waals surface area contributed by atoms with Gasteiger partial charge in [0.05, 0.1) is 17.4 Å². The minimum Gasteiger partial charge on any atom is -0.433 e. The van der Waals surface area contributed by atoms with Gasteiger partial charge in [-0.05, 0) is 43.8 Å². The summed E-state index contributed by atoms with van der Waals surface area (Å²) < 4.78 is 31.5. The third-order valence-corrected chi connectivity index (χ3v) is 7.72. The number of rotatable bonds is 9. The summed E-state index contributed by atoms with van der Waals surface area (Å²) in [6.07, 6.45) is 2.42. The molecule has 0 saturated carbocycles. The number of ether oxygens (including phenoxy) is 1. The van der Waals surface area contributed by atoms with Crippen molar-refractivity contribution in [3.8, 4) is 5.75 Å². The lowest BCUT2D eigenvalue weighted by molar-refractivity contribution is -0.0493. The van der Waals surface area contributed by atoms with Crippen molar-refractivity contribution in [1.82, 2.24) is 14.9 Å². The molecule has 4 N–H and O–H groups in total. The van der Waals surface area contributed by atoms with Gasteiger partial charge in [-0.2, -0.15) is 13.8 Å². The zero-order chi connectivity index (χ0) is 26.3. The quantitative estimate of drug-likeness (QED) is 0.340. The molecule has 1 aromatic carbocycles. The summed E-state index contributed by atoms with van der Waals surface area (Å²) in [5, 5.41) is 8.31. The number of aromatic nitrogens is 2. The van der Waals surface area contributed by atoms with E-state index in [9.17, 15) is 13.6 Å². The highest BCUT2D eigenvalue weighted by atomic mass is 35.5. The molecule has 2 aromatic heterocycles. The third kappa shape index (κ3) is 5.27. The number of likely N-dealkylation sites (tertiary alicyclic amines) is 1. The number of amides is 1. The van der Waals surface area contributed by atoms with Crippen molar-refractivity contribution in [2.75, 3.05) is 28.6 Å². The van der Waals surface area contributed by atoms with Gasteiger partial charge in [0.25, 0.3) is 5.91 Å². The molecule has 2 aliphatic rings. The first kappa shape index (κ1) is 25.4. The molecule has 13 heteroatoms. The maximum atomic E-state index is 13.3. The number of carbonyl (C=O) groups is 1. The Balaban J connectivity index is 1.38. The van der Waals surface area contributed by atoms with Crippen LogP contribution in [0.4, 0.5) is 36.9 Å². The molecule has 2 bridgehead atoms. The van der Waals surface area contributed by atoms with Gasteiger partial charge in [-0.3, -0.25) is 9.69 Å². The lowest BCUT2D eigenvalue weighted by Gasteiger charge is -2.37. The Hall–Kier alpha value is -3.22. The van der Waals surface area contributed by atoms with Crippen molar-refractivity contribution in [3.05, 3.63) is 46.4 Å².